The highest BCUT2D eigenvalue weighted by Gasteiger charge is 2.08. The van der Waals surface area contributed by atoms with Gasteiger partial charge in [0.25, 0.3) is 5.88 Å². The van der Waals surface area contributed by atoms with E-state index in [4.69, 9.17) is 15.8 Å². The van der Waals surface area contributed by atoms with Crippen LogP contribution in [-0.4, -0.2) is 23.5 Å². The molecule has 10 heteroatoms. The van der Waals surface area contributed by atoms with Crippen molar-refractivity contribution in [1.82, 2.24) is 10.3 Å². The van der Waals surface area contributed by atoms with Crippen LogP contribution in [0, 0.1) is 0 Å². The summed E-state index contributed by atoms with van der Waals surface area (Å²) in [6.45, 7) is 0.241. The largest absolute Gasteiger partial charge is 0.474 e. The summed E-state index contributed by atoms with van der Waals surface area (Å²) in [5.74, 6) is -0.121. The van der Waals surface area contributed by atoms with E-state index in [0.29, 0.717) is 0 Å². The minimum atomic E-state index is -0.0894. The van der Waals surface area contributed by atoms with Crippen LogP contribution in [0.5, 0.6) is 5.88 Å². The molecule has 0 radical (unpaired) electrons. The van der Waals surface area contributed by atoms with E-state index in [1.165, 1.54) is 0 Å². The molecule has 0 aliphatic rings. The monoisotopic (exact) mass is 196 g/mol. The maximum atomic E-state index is 8.10. The standard InChI is InChI=1S/C4H4N8O2/c5-11-7-1-2-13-4-3(8-12-6)9-14-10-4/h1-2H2. The fourth-order valence-electron chi connectivity index (χ4n) is 0.598. The van der Waals surface area contributed by atoms with Crippen molar-refractivity contribution in [3.05, 3.63) is 20.9 Å². The van der Waals surface area contributed by atoms with Gasteiger partial charge in [0.2, 0.25) is 5.82 Å². The first kappa shape index (κ1) is 9.65. The molecule has 0 aliphatic carbocycles. The Hall–Kier alpha value is -2.44. The summed E-state index contributed by atoms with van der Waals surface area (Å²) in [6.07, 6.45) is 0. The molecule has 1 heterocycles. The van der Waals surface area contributed by atoms with Crippen molar-refractivity contribution in [2.75, 3.05) is 13.2 Å². The smallest absolute Gasteiger partial charge is 0.285 e. The second kappa shape index (κ2) is 5.25. The lowest BCUT2D eigenvalue weighted by Crippen LogP contribution is -2.00. The summed E-state index contributed by atoms with van der Waals surface area (Å²) in [5, 5.41) is 13.0. The molecule has 0 bridgehead atoms. The third kappa shape index (κ3) is 2.55. The third-order valence-corrected chi connectivity index (χ3v) is 1.08. The number of hydrogen-bond donors (Lipinski definition) is 0. The molecule has 0 N–H and O–H groups in total. The molecule has 72 valence electrons. The van der Waals surface area contributed by atoms with E-state index in [1.807, 2.05) is 0 Å². The van der Waals surface area contributed by atoms with Gasteiger partial charge in [0.1, 0.15) is 0 Å². The van der Waals surface area contributed by atoms with Crippen LogP contribution in [0.15, 0.2) is 14.9 Å². The summed E-state index contributed by atoms with van der Waals surface area (Å²) >= 11 is 0. The highest BCUT2D eigenvalue weighted by Crippen LogP contribution is 2.21. The predicted molar refractivity (Wildman–Crippen MR) is 42.6 cm³/mol. The first-order chi connectivity index (χ1) is 6.88. The van der Waals surface area contributed by atoms with Crippen LogP contribution in [0.3, 0.4) is 0 Å². The molecular formula is C4H4N8O2. The van der Waals surface area contributed by atoms with Gasteiger partial charge in [0.15, 0.2) is 0 Å². The topological polar surface area (TPSA) is 146 Å². The van der Waals surface area contributed by atoms with Gasteiger partial charge in [-0.25, -0.2) is 4.63 Å². The predicted octanol–water partition coefficient (Wildman–Crippen LogP) is 1.70. The minimum absolute atomic E-state index is 0.0315. The zero-order valence-electron chi connectivity index (χ0n) is 6.81. The zero-order valence-corrected chi connectivity index (χ0v) is 6.81. The molecule has 0 saturated carbocycles. The van der Waals surface area contributed by atoms with Crippen LogP contribution in [-0.2, 0) is 0 Å². The fraction of sp³-hybridized carbons (Fsp3) is 0.500. The lowest BCUT2D eigenvalue weighted by atomic mass is 10.7. The molecule has 1 aromatic heterocycles. The molecule has 0 amide bonds. The molecule has 0 atom stereocenters. The molecule has 0 unspecified atom stereocenters. The SMILES string of the molecule is [N-]=[N+]=NCCOc1nonc1N=[N+]=[N-]. The van der Waals surface area contributed by atoms with Crippen LogP contribution in [0.25, 0.3) is 20.9 Å². The van der Waals surface area contributed by atoms with Crippen LogP contribution in [0.2, 0.25) is 0 Å². The van der Waals surface area contributed by atoms with Crippen molar-refractivity contribution in [1.29, 1.82) is 0 Å². The Bertz CT molecular complexity index is 386. The van der Waals surface area contributed by atoms with E-state index >= 15 is 0 Å². The Kier molecular flexibility index (Phi) is 3.62. The number of hydrogen-bond acceptors (Lipinski definition) is 6. The average molecular weight is 196 g/mol. The quantitative estimate of drug-likeness (QED) is 0.305. The van der Waals surface area contributed by atoms with E-state index in [2.05, 4.69) is 35.0 Å². The second-order valence-electron chi connectivity index (χ2n) is 1.89. The molecule has 10 nitrogen and oxygen atoms in total. The van der Waals surface area contributed by atoms with Crippen LogP contribution < -0.4 is 4.74 Å². The number of nitrogens with zero attached hydrogens (tertiary/aromatic N) is 8. The van der Waals surface area contributed by atoms with Crippen molar-refractivity contribution in [3.8, 4) is 5.88 Å². The number of aromatic nitrogens is 2. The van der Waals surface area contributed by atoms with Gasteiger partial charge in [-0.1, -0.05) is 5.11 Å². The normalized spacial score (nSPS) is 8.57. The van der Waals surface area contributed by atoms with Crippen molar-refractivity contribution in [2.45, 2.75) is 0 Å². The van der Waals surface area contributed by atoms with E-state index in [9.17, 15) is 0 Å². The lowest BCUT2D eigenvalue weighted by Gasteiger charge is -1.96. The fourth-order valence-corrected chi connectivity index (χ4v) is 0.598. The Morgan fingerprint density at radius 2 is 2.21 bits per heavy atom. The number of azide groups is 2. The molecule has 0 aliphatic heterocycles. The Morgan fingerprint density at radius 1 is 1.36 bits per heavy atom. The molecule has 0 aromatic carbocycles. The van der Waals surface area contributed by atoms with Gasteiger partial charge in [-0.05, 0) is 26.5 Å². The van der Waals surface area contributed by atoms with Gasteiger partial charge >= 0.3 is 0 Å². The maximum Gasteiger partial charge on any atom is 0.285 e. The van der Waals surface area contributed by atoms with E-state index in [0.717, 1.165) is 0 Å². The molecule has 0 spiro atoms. The van der Waals surface area contributed by atoms with E-state index in [-0.39, 0.29) is 24.8 Å². The van der Waals surface area contributed by atoms with Gasteiger partial charge in [-0.15, -0.1) is 0 Å². The molecular weight excluding hydrogens is 192 g/mol. The van der Waals surface area contributed by atoms with Gasteiger partial charge in [-0.2, -0.15) is 0 Å². The molecule has 0 fully saturated rings. The summed E-state index contributed by atoms with van der Waals surface area (Å²) in [5.41, 5.74) is 16.1. The number of rotatable bonds is 5. The summed E-state index contributed by atoms with van der Waals surface area (Å²) in [4.78, 5) is 5.00. The summed E-state index contributed by atoms with van der Waals surface area (Å²) in [6, 6.07) is 0. The molecule has 1 aromatic rings. The Morgan fingerprint density at radius 3 is 2.93 bits per heavy atom. The molecule has 14 heavy (non-hydrogen) atoms. The van der Waals surface area contributed by atoms with Crippen molar-refractivity contribution >= 4 is 5.82 Å². The molecule has 0 saturated heterocycles. The van der Waals surface area contributed by atoms with Gasteiger partial charge in [-0.3, -0.25) is 0 Å². The zero-order chi connectivity index (χ0) is 10.2. The van der Waals surface area contributed by atoms with Gasteiger partial charge < -0.3 is 4.74 Å². The van der Waals surface area contributed by atoms with Crippen LogP contribution >= 0.6 is 0 Å². The van der Waals surface area contributed by atoms with Crippen LogP contribution in [0.4, 0.5) is 5.82 Å². The second-order valence-corrected chi connectivity index (χ2v) is 1.89. The first-order valence-electron chi connectivity index (χ1n) is 3.39. The van der Waals surface area contributed by atoms with E-state index < -0.39 is 0 Å². The van der Waals surface area contributed by atoms with Crippen molar-refractivity contribution in [3.63, 3.8) is 0 Å². The number of ether oxygens (including phenoxy) is 1. The average Bonchev–Trinajstić information content (AvgIpc) is 2.61. The van der Waals surface area contributed by atoms with E-state index in [1.54, 1.807) is 0 Å². The van der Waals surface area contributed by atoms with Gasteiger partial charge in [0.05, 0.1) is 13.2 Å². The first-order valence-corrected chi connectivity index (χ1v) is 3.39. The Labute approximate surface area is 76.7 Å². The third-order valence-electron chi connectivity index (χ3n) is 1.08. The van der Waals surface area contributed by atoms with Crippen molar-refractivity contribution in [2.24, 2.45) is 10.2 Å². The summed E-state index contributed by atoms with van der Waals surface area (Å²) < 4.78 is 9.20. The highest BCUT2D eigenvalue weighted by molar-refractivity contribution is 5.35. The molecule has 1 rings (SSSR count). The van der Waals surface area contributed by atoms with Crippen LogP contribution in [0.1, 0.15) is 0 Å². The summed E-state index contributed by atoms with van der Waals surface area (Å²) in [7, 11) is 0. The lowest BCUT2D eigenvalue weighted by molar-refractivity contribution is 0.260. The van der Waals surface area contributed by atoms with Crippen molar-refractivity contribution < 1.29 is 9.37 Å². The van der Waals surface area contributed by atoms with Gasteiger partial charge in [0, 0.05) is 9.82 Å². The minimum Gasteiger partial charge on any atom is -0.474 e. The maximum absolute atomic E-state index is 8.10. The highest BCUT2D eigenvalue weighted by atomic mass is 16.6. The Balaban J connectivity index is 2.53.